The molecule has 4 rings (SSSR count). The van der Waals surface area contributed by atoms with Crippen LogP contribution < -0.4 is 11.0 Å². The molecule has 6 N–H and O–H groups in total. The van der Waals surface area contributed by atoms with E-state index in [2.05, 4.69) is 24.8 Å². The number of nitrogens with zero attached hydrogens (tertiary/aromatic N) is 3. The Morgan fingerprint density at radius 1 is 1.30 bits per heavy atom. The number of phosphoric ester groups is 1. The molecule has 33 heavy (non-hydrogen) atoms. The van der Waals surface area contributed by atoms with Crippen LogP contribution in [-0.4, -0.2) is 70.3 Å². The molecule has 0 spiro atoms. The van der Waals surface area contributed by atoms with E-state index < -0.39 is 56.4 Å². The Bertz CT molecular complexity index is 1310. The lowest BCUT2D eigenvalue weighted by Gasteiger charge is -2.16. The summed E-state index contributed by atoms with van der Waals surface area (Å²) >= 11 is 0. The Morgan fingerprint density at radius 2 is 2.03 bits per heavy atom. The fourth-order valence-electron chi connectivity index (χ4n) is 3.30. The lowest BCUT2D eigenvalue weighted by atomic mass is 10.1. The van der Waals surface area contributed by atoms with E-state index in [4.69, 9.17) is 14.5 Å². The summed E-state index contributed by atoms with van der Waals surface area (Å²) in [6.07, 6.45) is -4.78. The molecule has 1 fully saturated rings. The van der Waals surface area contributed by atoms with E-state index in [9.17, 15) is 28.8 Å². The lowest BCUT2D eigenvalue weighted by molar-refractivity contribution is -0.0504. The molecular weight excluding hydrogens is 468 g/mol. The van der Waals surface area contributed by atoms with Gasteiger partial charge in [-0.05, 0) is 12.1 Å². The highest BCUT2D eigenvalue weighted by molar-refractivity contribution is 7.46. The quantitative estimate of drug-likeness (QED) is 0.239. The fourth-order valence-corrected chi connectivity index (χ4v) is 3.64. The first-order valence-corrected chi connectivity index (χ1v) is 10.8. The van der Waals surface area contributed by atoms with Crippen molar-refractivity contribution >= 4 is 30.7 Å². The number of amides is 1. The summed E-state index contributed by atoms with van der Waals surface area (Å²) in [6, 6.07) is 5.18. The third-order valence-electron chi connectivity index (χ3n) is 4.82. The third-order valence-corrected chi connectivity index (χ3v) is 5.30. The number of aromatic amines is 1. The maximum absolute atomic E-state index is 13.9. The minimum Gasteiger partial charge on any atom is -0.387 e. The number of carbonyl (C=O) groups is 1. The number of aliphatic hydroxyl groups excluding tert-OH is 2. The van der Waals surface area contributed by atoms with Crippen molar-refractivity contribution in [3.63, 3.8) is 0 Å². The summed E-state index contributed by atoms with van der Waals surface area (Å²) in [7, 11) is -4.86. The highest BCUT2D eigenvalue weighted by Gasteiger charge is 2.45. The molecule has 2 aromatic heterocycles. The number of halogens is 1. The Labute approximate surface area is 182 Å². The van der Waals surface area contributed by atoms with Gasteiger partial charge in [-0.2, -0.15) is 4.98 Å². The number of anilines is 1. The number of ether oxygens (including phenoxy) is 1. The highest BCUT2D eigenvalue weighted by atomic mass is 31.2. The second-order valence-electron chi connectivity index (χ2n) is 7.01. The third kappa shape index (κ3) is 4.69. The van der Waals surface area contributed by atoms with Crippen LogP contribution >= 0.6 is 7.82 Å². The standard InChI is InChI=1S/C17H17FN5O9P/c18-8-4-2-1-3-7(8)15(26)20-13-10-14(22-17(27)21-13)23(6-19-10)16-12(25)11(24)9(32-16)5-31-33(28,29)30/h1-4,6,9,11-12,16,24-25H,5H2,(H2,28,29,30)(H2,20,21,22,26,27)/t9-,11-,12-,16-/m1/s1. The zero-order valence-corrected chi connectivity index (χ0v) is 17.3. The molecule has 0 unspecified atom stereocenters. The number of hydrogen-bond acceptors (Lipinski definition) is 9. The molecule has 176 valence electrons. The molecule has 16 heteroatoms. The van der Waals surface area contributed by atoms with Gasteiger partial charge in [0, 0.05) is 0 Å². The molecule has 0 radical (unpaired) electrons. The Morgan fingerprint density at radius 3 is 2.73 bits per heavy atom. The number of carbonyl (C=O) groups excluding carboxylic acids is 1. The van der Waals surface area contributed by atoms with Gasteiger partial charge in [-0.1, -0.05) is 12.1 Å². The first-order chi connectivity index (χ1) is 15.5. The van der Waals surface area contributed by atoms with Crippen LogP contribution in [0.5, 0.6) is 0 Å². The second-order valence-corrected chi connectivity index (χ2v) is 8.25. The van der Waals surface area contributed by atoms with Gasteiger partial charge in [0.25, 0.3) is 5.91 Å². The van der Waals surface area contributed by atoms with Crippen molar-refractivity contribution in [2.75, 3.05) is 11.9 Å². The Balaban J connectivity index is 1.64. The first kappa shape index (κ1) is 23.1. The van der Waals surface area contributed by atoms with Gasteiger partial charge < -0.3 is 30.1 Å². The molecule has 3 aromatic rings. The Kier molecular flexibility index (Phi) is 6.11. The number of rotatable bonds is 6. The topological polar surface area (TPSA) is 209 Å². The largest absolute Gasteiger partial charge is 0.469 e. The minimum absolute atomic E-state index is 0.0421. The predicted molar refractivity (Wildman–Crippen MR) is 106 cm³/mol. The number of nitrogens with one attached hydrogen (secondary N) is 2. The smallest absolute Gasteiger partial charge is 0.387 e. The number of benzene rings is 1. The number of fused-ring (bicyclic) bond motifs is 1. The van der Waals surface area contributed by atoms with Gasteiger partial charge in [0.15, 0.2) is 11.9 Å². The zero-order chi connectivity index (χ0) is 23.9. The van der Waals surface area contributed by atoms with Crippen LogP contribution in [0.2, 0.25) is 0 Å². The van der Waals surface area contributed by atoms with E-state index in [1.165, 1.54) is 18.2 Å². The zero-order valence-electron chi connectivity index (χ0n) is 16.4. The van der Waals surface area contributed by atoms with Gasteiger partial charge in [-0.25, -0.2) is 18.7 Å². The summed E-state index contributed by atoms with van der Waals surface area (Å²) in [5.41, 5.74) is -1.40. The van der Waals surface area contributed by atoms with Crippen molar-refractivity contribution in [1.82, 2.24) is 19.5 Å². The van der Waals surface area contributed by atoms with Crippen molar-refractivity contribution in [3.05, 3.63) is 52.5 Å². The summed E-state index contributed by atoms with van der Waals surface area (Å²) in [6.45, 7) is -0.733. The van der Waals surface area contributed by atoms with Gasteiger partial charge >= 0.3 is 13.5 Å². The lowest BCUT2D eigenvalue weighted by Crippen LogP contribution is -2.33. The van der Waals surface area contributed by atoms with E-state index in [0.717, 1.165) is 17.0 Å². The van der Waals surface area contributed by atoms with Gasteiger partial charge in [-0.15, -0.1) is 0 Å². The molecule has 1 amide bonds. The first-order valence-electron chi connectivity index (χ1n) is 9.29. The van der Waals surface area contributed by atoms with Crippen LogP contribution in [0.25, 0.3) is 11.2 Å². The van der Waals surface area contributed by atoms with E-state index in [1.807, 2.05) is 0 Å². The van der Waals surface area contributed by atoms with Crippen LogP contribution in [-0.2, 0) is 13.8 Å². The van der Waals surface area contributed by atoms with Crippen molar-refractivity contribution < 1.29 is 43.0 Å². The number of aliphatic hydroxyl groups is 2. The molecule has 14 nitrogen and oxygen atoms in total. The van der Waals surface area contributed by atoms with Gasteiger partial charge in [-0.3, -0.25) is 18.9 Å². The second kappa shape index (κ2) is 8.72. The summed E-state index contributed by atoms with van der Waals surface area (Å²) in [5.74, 6) is -1.85. The number of H-pyrrole nitrogens is 1. The number of imidazole rings is 1. The van der Waals surface area contributed by atoms with E-state index in [1.54, 1.807) is 0 Å². The molecule has 1 aromatic carbocycles. The van der Waals surface area contributed by atoms with Crippen molar-refractivity contribution in [1.29, 1.82) is 0 Å². The van der Waals surface area contributed by atoms with Crippen LogP contribution in [0.3, 0.4) is 0 Å². The van der Waals surface area contributed by atoms with Gasteiger partial charge in [0.05, 0.1) is 18.5 Å². The van der Waals surface area contributed by atoms with E-state index >= 15 is 0 Å². The maximum Gasteiger partial charge on any atom is 0.469 e. The van der Waals surface area contributed by atoms with E-state index in [-0.39, 0.29) is 22.5 Å². The van der Waals surface area contributed by atoms with E-state index in [0.29, 0.717) is 0 Å². The normalized spacial score (nSPS) is 23.2. The summed E-state index contributed by atoms with van der Waals surface area (Å²) in [4.78, 5) is 52.2. The molecule has 0 saturated carbocycles. The number of aromatic nitrogens is 4. The molecule has 1 aliphatic heterocycles. The van der Waals surface area contributed by atoms with Crippen LogP contribution in [0, 0.1) is 5.82 Å². The average molecular weight is 485 g/mol. The monoisotopic (exact) mass is 485 g/mol. The number of hydrogen-bond donors (Lipinski definition) is 6. The molecule has 3 heterocycles. The van der Waals surface area contributed by atoms with Crippen molar-refractivity contribution in [2.45, 2.75) is 24.5 Å². The summed E-state index contributed by atoms with van der Waals surface area (Å²) < 4.78 is 35.7. The Hall–Kier alpha value is -3.04. The van der Waals surface area contributed by atoms with Crippen LogP contribution in [0.4, 0.5) is 10.2 Å². The summed E-state index contributed by atoms with van der Waals surface area (Å²) in [5, 5.41) is 22.8. The van der Waals surface area contributed by atoms with Crippen molar-refractivity contribution in [2.24, 2.45) is 0 Å². The van der Waals surface area contributed by atoms with Crippen molar-refractivity contribution in [3.8, 4) is 0 Å². The molecule has 0 aliphatic carbocycles. The fraction of sp³-hybridized carbons (Fsp3) is 0.294. The molecule has 1 aliphatic rings. The maximum atomic E-state index is 13.9. The molecule has 4 atom stereocenters. The highest BCUT2D eigenvalue weighted by Crippen LogP contribution is 2.38. The van der Waals surface area contributed by atoms with Crippen LogP contribution in [0.1, 0.15) is 16.6 Å². The predicted octanol–water partition coefficient (Wildman–Crippen LogP) is -0.760. The molecular formula is C17H17FN5O9P. The SMILES string of the molecule is O=C(Nc1[nH]c(=O)nc2c1ncn2[C@@H]1O[C@H](COP(=O)(O)O)[C@@H](O)[C@H]1O)c1ccccc1F. The minimum atomic E-state index is -4.86. The van der Waals surface area contributed by atoms with Gasteiger partial charge in [0.2, 0.25) is 0 Å². The van der Waals surface area contributed by atoms with Gasteiger partial charge in [0.1, 0.15) is 35.5 Å². The average Bonchev–Trinajstić information content (AvgIpc) is 3.27. The molecule has 1 saturated heterocycles. The molecule has 0 bridgehead atoms. The van der Waals surface area contributed by atoms with Crippen LogP contribution in [0.15, 0.2) is 35.4 Å². The number of phosphoric acid groups is 1.